The SMILES string of the molecule is N#Cc1ccc(Sc2nc(CC(=O)O)cs2)c([N+](=O)[O-])c1. The van der Waals surface area contributed by atoms with Crippen LogP contribution < -0.4 is 0 Å². The molecule has 7 nitrogen and oxygen atoms in total. The van der Waals surface area contributed by atoms with Crippen LogP contribution in [0.5, 0.6) is 0 Å². The second kappa shape index (κ2) is 6.34. The number of aromatic nitrogens is 1. The summed E-state index contributed by atoms with van der Waals surface area (Å²) in [5.41, 5.74) is 0.442. The topological polar surface area (TPSA) is 117 Å². The maximum Gasteiger partial charge on any atom is 0.309 e. The molecule has 1 aromatic carbocycles. The molecule has 106 valence electrons. The predicted molar refractivity (Wildman–Crippen MR) is 75.4 cm³/mol. The van der Waals surface area contributed by atoms with Crippen molar-refractivity contribution in [3.05, 3.63) is 45.0 Å². The predicted octanol–water partition coefficient (Wildman–Crippen LogP) is 2.70. The molecule has 2 aromatic rings. The molecule has 0 radical (unpaired) electrons. The van der Waals surface area contributed by atoms with E-state index in [0.717, 1.165) is 11.8 Å². The summed E-state index contributed by atoms with van der Waals surface area (Å²) in [4.78, 5) is 25.5. The fourth-order valence-electron chi connectivity index (χ4n) is 1.48. The number of hydrogen-bond acceptors (Lipinski definition) is 7. The third kappa shape index (κ3) is 3.77. The van der Waals surface area contributed by atoms with Crippen molar-refractivity contribution in [2.75, 3.05) is 0 Å². The van der Waals surface area contributed by atoms with Gasteiger partial charge in [0.15, 0.2) is 4.34 Å². The Morgan fingerprint density at radius 1 is 1.57 bits per heavy atom. The molecule has 0 bridgehead atoms. The summed E-state index contributed by atoms with van der Waals surface area (Å²) in [7, 11) is 0. The molecule has 0 spiro atoms. The number of carbonyl (C=O) groups is 1. The van der Waals surface area contributed by atoms with Crippen molar-refractivity contribution >= 4 is 34.8 Å². The highest BCUT2D eigenvalue weighted by molar-refractivity contribution is 8.01. The zero-order chi connectivity index (χ0) is 15.4. The van der Waals surface area contributed by atoms with Gasteiger partial charge in [-0.3, -0.25) is 14.9 Å². The molecule has 0 aliphatic rings. The number of rotatable bonds is 5. The molecule has 0 saturated carbocycles. The van der Waals surface area contributed by atoms with E-state index in [4.69, 9.17) is 10.4 Å². The van der Waals surface area contributed by atoms with E-state index in [1.807, 2.05) is 6.07 Å². The van der Waals surface area contributed by atoms with Gasteiger partial charge in [0.05, 0.1) is 33.6 Å². The minimum atomic E-state index is -0.985. The Morgan fingerprint density at radius 2 is 2.33 bits per heavy atom. The van der Waals surface area contributed by atoms with Gasteiger partial charge in [-0.1, -0.05) is 11.8 Å². The maximum atomic E-state index is 11.0. The van der Waals surface area contributed by atoms with Crippen molar-refractivity contribution in [2.45, 2.75) is 15.7 Å². The average Bonchev–Trinajstić information content (AvgIpc) is 2.85. The van der Waals surface area contributed by atoms with Crippen molar-refractivity contribution in [1.82, 2.24) is 4.98 Å². The van der Waals surface area contributed by atoms with E-state index in [0.29, 0.717) is 14.9 Å². The summed E-state index contributed by atoms with van der Waals surface area (Å²) in [6.07, 6.45) is -0.188. The van der Waals surface area contributed by atoms with Crippen LogP contribution in [-0.2, 0) is 11.2 Å². The molecule has 0 fully saturated rings. The Labute approximate surface area is 127 Å². The van der Waals surface area contributed by atoms with Gasteiger partial charge in [0.25, 0.3) is 5.69 Å². The molecule has 0 unspecified atom stereocenters. The van der Waals surface area contributed by atoms with E-state index in [1.54, 1.807) is 5.38 Å². The van der Waals surface area contributed by atoms with Crippen LogP contribution >= 0.6 is 23.1 Å². The molecule has 2 rings (SSSR count). The standard InChI is InChI=1S/C12H7N3O4S2/c13-5-7-1-2-10(9(3-7)15(18)19)21-12-14-8(6-20-12)4-11(16)17/h1-3,6H,4H2,(H,16,17). The summed E-state index contributed by atoms with van der Waals surface area (Å²) < 4.78 is 0.513. The van der Waals surface area contributed by atoms with Gasteiger partial charge in [-0.25, -0.2) is 4.98 Å². The van der Waals surface area contributed by atoms with E-state index >= 15 is 0 Å². The van der Waals surface area contributed by atoms with Gasteiger partial charge in [-0.05, 0) is 12.1 Å². The minimum absolute atomic E-state index is 0.172. The molecule has 1 aromatic heterocycles. The smallest absolute Gasteiger partial charge is 0.309 e. The first-order valence-corrected chi connectivity index (χ1v) is 7.22. The van der Waals surface area contributed by atoms with Crippen LogP contribution in [0.15, 0.2) is 32.8 Å². The van der Waals surface area contributed by atoms with Crippen molar-refractivity contribution in [3.63, 3.8) is 0 Å². The number of nitro groups is 1. The lowest BCUT2D eigenvalue weighted by Crippen LogP contribution is -1.99. The zero-order valence-electron chi connectivity index (χ0n) is 10.3. The Hall–Kier alpha value is -2.44. The van der Waals surface area contributed by atoms with Crippen molar-refractivity contribution < 1.29 is 14.8 Å². The lowest BCUT2D eigenvalue weighted by Gasteiger charge is -2.00. The van der Waals surface area contributed by atoms with Gasteiger partial charge in [0.1, 0.15) is 0 Å². The average molecular weight is 321 g/mol. The summed E-state index contributed by atoms with van der Waals surface area (Å²) in [5, 5.41) is 30.1. The molecule has 0 atom stereocenters. The second-order valence-corrected chi connectivity index (χ2v) is 5.98. The van der Waals surface area contributed by atoms with Crippen LogP contribution in [0.2, 0.25) is 0 Å². The van der Waals surface area contributed by atoms with Gasteiger partial charge in [-0.15, -0.1) is 11.3 Å². The first-order chi connectivity index (χ1) is 9.99. The minimum Gasteiger partial charge on any atom is -0.481 e. The number of aliphatic carboxylic acids is 1. The highest BCUT2D eigenvalue weighted by Crippen LogP contribution is 2.36. The maximum absolute atomic E-state index is 11.0. The van der Waals surface area contributed by atoms with Crippen LogP contribution in [0.25, 0.3) is 0 Å². The number of nitro benzene ring substituents is 1. The Morgan fingerprint density at radius 3 is 2.95 bits per heavy atom. The number of benzene rings is 1. The fraction of sp³-hybridized carbons (Fsp3) is 0.0833. The molecule has 0 amide bonds. The number of hydrogen-bond donors (Lipinski definition) is 1. The van der Waals surface area contributed by atoms with Crippen LogP contribution in [0.3, 0.4) is 0 Å². The number of thiazole rings is 1. The molecular weight excluding hydrogens is 314 g/mol. The van der Waals surface area contributed by atoms with Crippen LogP contribution in [0.4, 0.5) is 5.69 Å². The molecule has 9 heteroatoms. The van der Waals surface area contributed by atoms with Crippen LogP contribution in [0, 0.1) is 21.4 Å². The van der Waals surface area contributed by atoms with Crippen LogP contribution in [0.1, 0.15) is 11.3 Å². The van der Waals surface area contributed by atoms with E-state index in [2.05, 4.69) is 4.98 Å². The quantitative estimate of drug-likeness (QED) is 0.664. The Balaban J connectivity index is 2.27. The van der Waals surface area contributed by atoms with Gasteiger partial charge >= 0.3 is 5.97 Å². The largest absolute Gasteiger partial charge is 0.481 e. The summed E-state index contributed by atoms with van der Waals surface area (Å²) in [6, 6.07) is 6.02. The number of nitrogens with zero attached hydrogens (tertiary/aromatic N) is 3. The molecule has 1 heterocycles. The van der Waals surface area contributed by atoms with Crippen molar-refractivity contribution in [2.24, 2.45) is 0 Å². The number of nitriles is 1. The van der Waals surface area contributed by atoms with E-state index < -0.39 is 10.9 Å². The van der Waals surface area contributed by atoms with Crippen molar-refractivity contribution in [3.8, 4) is 6.07 Å². The summed E-state index contributed by atoms with van der Waals surface area (Å²) in [6.45, 7) is 0. The van der Waals surface area contributed by atoms with E-state index in [-0.39, 0.29) is 17.7 Å². The van der Waals surface area contributed by atoms with Gasteiger partial charge < -0.3 is 5.11 Å². The lowest BCUT2D eigenvalue weighted by atomic mass is 10.2. The first kappa shape index (κ1) is 15.0. The molecule has 0 saturated heterocycles. The third-order valence-electron chi connectivity index (χ3n) is 2.35. The van der Waals surface area contributed by atoms with Gasteiger partial charge in [0.2, 0.25) is 0 Å². The number of carboxylic acids is 1. The highest BCUT2D eigenvalue weighted by atomic mass is 32.2. The first-order valence-electron chi connectivity index (χ1n) is 5.52. The zero-order valence-corrected chi connectivity index (χ0v) is 12.0. The number of carboxylic acid groups (broad SMARTS) is 1. The van der Waals surface area contributed by atoms with Crippen molar-refractivity contribution in [1.29, 1.82) is 5.26 Å². The molecule has 21 heavy (non-hydrogen) atoms. The molecule has 0 aliphatic carbocycles. The molecule has 0 aliphatic heterocycles. The highest BCUT2D eigenvalue weighted by Gasteiger charge is 2.17. The molecule has 1 N–H and O–H groups in total. The molecular formula is C12H7N3O4S2. The van der Waals surface area contributed by atoms with Crippen LogP contribution in [-0.4, -0.2) is 21.0 Å². The van der Waals surface area contributed by atoms with E-state index in [9.17, 15) is 14.9 Å². The Kier molecular flexibility index (Phi) is 4.52. The normalized spacial score (nSPS) is 10.0. The summed E-state index contributed by atoms with van der Waals surface area (Å²) in [5.74, 6) is -0.985. The lowest BCUT2D eigenvalue weighted by molar-refractivity contribution is -0.387. The van der Waals surface area contributed by atoms with E-state index in [1.165, 1.54) is 29.5 Å². The van der Waals surface area contributed by atoms with Gasteiger partial charge in [0, 0.05) is 11.4 Å². The van der Waals surface area contributed by atoms with Gasteiger partial charge in [-0.2, -0.15) is 5.26 Å². The third-order valence-corrected chi connectivity index (χ3v) is 4.40. The Bertz CT molecular complexity index is 751. The second-order valence-electron chi connectivity index (χ2n) is 3.83. The fourth-order valence-corrected chi connectivity index (χ4v) is 3.36. The summed E-state index contributed by atoms with van der Waals surface area (Å²) >= 11 is 2.29. The monoisotopic (exact) mass is 321 g/mol.